The molecule has 0 radical (unpaired) electrons. The smallest absolute Gasteiger partial charge is 0.208 e. The van der Waals surface area contributed by atoms with Gasteiger partial charge in [0.2, 0.25) is 10.0 Å². The minimum atomic E-state index is -3.07. The monoisotopic (exact) mass is 324 g/mol. The van der Waals surface area contributed by atoms with Crippen LogP contribution in [-0.4, -0.2) is 37.5 Å². The molecule has 0 fully saturated rings. The van der Waals surface area contributed by atoms with Gasteiger partial charge < -0.3 is 5.32 Å². The van der Waals surface area contributed by atoms with E-state index >= 15 is 0 Å². The summed E-state index contributed by atoms with van der Waals surface area (Å²) in [7, 11) is -1.15. The molecule has 0 saturated heterocycles. The molecule has 0 saturated carbocycles. The summed E-state index contributed by atoms with van der Waals surface area (Å²) < 4.78 is 26.0. The van der Waals surface area contributed by atoms with Crippen molar-refractivity contribution >= 4 is 22.4 Å². The number of nitrogens with zero attached hydrogens (tertiary/aromatic N) is 2. The van der Waals surface area contributed by atoms with Crippen molar-refractivity contribution in [2.75, 3.05) is 19.3 Å². The SMILES string of the molecule is CC(C)c1nn(C)cc1CNCCCNS(C)(=O)=O.Cl. The fraction of sp³-hybridized carbons (Fsp3) is 0.750. The van der Waals surface area contributed by atoms with Crippen molar-refractivity contribution in [3.63, 3.8) is 0 Å². The van der Waals surface area contributed by atoms with Crippen molar-refractivity contribution in [1.82, 2.24) is 19.8 Å². The quantitative estimate of drug-likeness (QED) is 0.699. The summed E-state index contributed by atoms with van der Waals surface area (Å²) in [6.07, 6.45) is 3.96. The molecule has 0 aliphatic carbocycles. The van der Waals surface area contributed by atoms with Gasteiger partial charge in [-0.2, -0.15) is 5.10 Å². The average molecular weight is 325 g/mol. The molecule has 1 aromatic rings. The second kappa shape index (κ2) is 8.61. The number of aromatic nitrogens is 2. The van der Waals surface area contributed by atoms with Gasteiger partial charge in [0.15, 0.2) is 0 Å². The minimum Gasteiger partial charge on any atom is -0.312 e. The van der Waals surface area contributed by atoms with Crippen LogP contribution in [0.4, 0.5) is 0 Å². The maximum Gasteiger partial charge on any atom is 0.208 e. The third kappa shape index (κ3) is 7.23. The molecular formula is C12H25ClN4O2S. The first kappa shape index (κ1) is 19.4. The Morgan fingerprint density at radius 3 is 2.55 bits per heavy atom. The van der Waals surface area contributed by atoms with E-state index in [0.717, 1.165) is 25.2 Å². The van der Waals surface area contributed by atoms with Crippen LogP contribution in [0.5, 0.6) is 0 Å². The summed E-state index contributed by atoms with van der Waals surface area (Å²) in [4.78, 5) is 0. The van der Waals surface area contributed by atoms with Gasteiger partial charge in [0.25, 0.3) is 0 Å². The Bertz CT molecular complexity index is 500. The second-order valence-electron chi connectivity index (χ2n) is 5.06. The van der Waals surface area contributed by atoms with Crippen LogP contribution in [0.1, 0.15) is 37.4 Å². The van der Waals surface area contributed by atoms with Crippen molar-refractivity contribution in [1.29, 1.82) is 0 Å². The predicted molar refractivity (Wildman–Crippen MR) is 83.7 cm³/mol. The lowest BCUT2D eigenvalue weighted by Gasteiger charge is -2.07. The van der Waals surface area contributed by atoms with Gasteiger partial charge in [-0.05, 0) is 18.9 Å². The van der Waals surface area contributed by atoms with Gasteiger partial charge >= 0.3 is 0 Å². The van der Waals surface area contributed by atoms with Crippen molar-refractivity contribution in [2.24, 2.45) is 7.05 Å². The Balaban J connectivity index is 0.00000361. The van der Waals surface area contributed by atoms with Crippen molar-refractivity contribution in [3.8, 4) is 0 Å². The van der Waals surface area contributed by atoms with E-state index in [1.54, 1.807) is 0 Å². The molecule has 0 bridgehead atoms. The fourth-order valence-corrected chi connectivity index (χ4v) is 2.39. The van der Waals surface area contributed by atoms with Crippen LogP contribution in [-0.2, 0) is 23.6 Å². The zero-order valence-corrected chi connectivity index (χ0v) is 14.1. The zero-order chi connectivity index (χ0) is 14.5. The normalized spacial score (nSPS) is 11.7. The topological polar surface area (TPSA) is 76.0 Å². The summed E-state index contributed by atoms with van der Waals surface area (Å²) in [5, 5.41) is 7.75. The fourth-order valence-electron chi connectivity index (χ4n) is 1.87. The van der Waals surface area contributed by atoms with E-state index in [-0.39, 0.29) is 12.4 Å². The predicted octanol–water partition coefficient (Wildman–Crippen LogP) is 0.994. The molecule has 1 rings (SSSR count). The van der Waals surface area contributed by atoms with Gasteiger partial charge in [-0.25, -0.2) is 13.1 Å². The molecule has 1 heterocycles. The van der Waals surface area contributed by atoms with Crippen molar-refractivity contribution < 1.29 is 8.42 Å². The highest BCUT2D eigenvalue weighted by Crippen LogP contribution is 2.16. The van der Waals surface area contributed by atoms with Gasteiger partial charge in [-0.1, -0.05) is 13.8 Å². The highest BCUT2D eigenvalue weighted by atomic mass is 35.5. The van der Waals surface area contributed by atoms with E-state index in [9.17, 15) is 8.42 Å². The minimum absolute atomic E-state index is 0. The van der Waals surface area contributed by atoms with Crippen LogP contribution in [0.25, 0.3) is 0 Å². The molecule has 0 spiro atoms. The molecule has 0 aliphatic heterocycles. The molecule has 2 N–H and O–H groups in total. The van der Waals surface area contributed by atoms with Crippen molar-refractivity contribution in [3.05, 3.63) is 17.5 Å². The van der Waals surface area contributed by atoms with Crippen LogP contribution in [0, 0.1) is 0 Å². The van der Waals surface area contributed by atoms with Crippen molar-refractivity contribution in [2.45, 2.75) is 32.7 Å². The lowest BCUT2D eigenvalue weighted by Crippen LogP contribution is -2.26. The van der Waals surface area contributed by atoms with E-state index in [1.165, 1.54) is 11.8 Å². The average Bonchev–Trinajstić information content (AvgIpc) is 2.63. The highest BCUT2D eigenvalue weighted by Gasteiger charge is 2.10. The van der Waals surface area contributed by atoms with Gasteiger partial charge in [0, 0.05) is 31.9 Å². The number of aryl methyl sites for hydroxylation is 1. The number of nitrogens with one attached hydrogen (secondary N) is 2. The highest BCUT2D eigenvalue weighted by molar-refractivity contribution is 7.88. The molecule has 6 nitrogen and oxygen atoms in total. The van der Waals surface area contributed by atoms with Crippen LogP contribution in [0.15, 0.2) is 6.20 Å². The molecule has 8 heteroatoms. The number of hydrogen-bond donors (Lipinski definition) is 2. The number of sulfonamides is 1. The van der Waals surface area contributed by atoms with E-state index in [1.807, 2.05) is 17.9 Å². The Morgan fingerprint density at radius 1 is 1.35 bits per heavy atom. The lowest BCUT2D eigenvalue weighted by atomic mass is 10.1. The molecular weight excluding hydrogens is 300 g/mol. The van der Waals surface area contributed by atoms with Crippen LogP contribution in [0.2, 0.25) is 0 Å². The Kier molecular flexibility index (Phi) is 8.34. The second-order valence-corrected chi connectivity index (χ2v) is 6.90. The lowest BCUT2D eigenvalue weighted by molar-refractivity contribution is 0.578. The summed E-state index contributed by atoms with van der Waals surface area (Å²) in [5.41, 5.74) is 2.32. The number of rotatable bonds is 8. The first-order chi connectivity index (χ1) is 8.79. The van der Waals surface area contributed by atoms with E-state index in [0.29, 0.717) is 12.5 Å². The summed E-state index contributed by atoms with van der Waals surface area (Å²) in [6, 6.07) is 0. The molecule has 118 valence electrons. The van der Waals surface area contributed by atoms with Gasteiger partial charge in [0.05, 0.1) is 11.9 Å². The first-order valence-electron chi connectivity index (χ1n) is 6.47. The molecule has 20 heavy (non-hydrogen) atoms. The summed E-state index contributed by atoms with van der Waals surface area (Å²) in [5.74, 6) is 0.407. The molecule has 0 unspecified atom stereocenters. The van der Waals surface area contributed by atoms with E-state index < -0.39 is 10.0 Å². The third-order valence-corrected chi connectivity index (χ3v) is 3.42. The largest absolute Gasteiger partial charge is 0.312 e. The standard InChI is InChI=1S/C12H24N4O2S.ClH/c1-10(2)12-11(9-16(3)15-12)8-13-6-5-7-14-19(4,17)18;/h9-10,13-14H,5-8H2,1-4H3;1H. The van der Waals surface area contributed by atoms with Gasteiger partial charge in [-0.3, -0.25) is 4.68 Å². The van der Waals surface area contributed by atoms with Crippen LogP contribution in [0.3, 0.4) is 0 Å². The molecule has 0 amide bonds. The number of hydrogen-bond acceptors (Lipinski definition) is 4. The maximum absolute atomic E-state index is 10.9. The molecule has 1 aromatic heterocycles. The Morgan fingerprint density at radius 2 is 2.00 bits per heavy atom. The molecule has 0 aliphatic rings. The Hall–Kier alpha value is -0.630. The van der Waals surface area contributed by atoms with E-state index in [2.05, 4.69) is 29.0 Å². The van der Waals surface area contributed by atoms with E-state index in [4.69, 9.17) is 0 Å². The third-order valence-electron chi connectivity index (χ3n) is 2.69. The molecule has 0 aromatic carbocycles. The van der Waals surface area contributed by atoms with Crippen LogP contribution >= 0.6 is 12.4 Å². The maximum atomic E-state index is 10.9. The summed E-state index contributed by atoms with van der Waals surface area (Å²) in [6.45, 7) is 6.26. The van der Waals surface area contributed by atoms with Gasteiger partial charge in [0.1, 0.15) is 0 Å². The zero-order valence-electron chi connectivity index (χ0n) is 12.5. The van der Waals surface area contributed by atoms with Gasteiger partial charge in [-0.15, -0.1) is 12.4 Å². The number of halogens is 1. The summed E-state index contributed by atoms with van der Waals surface area (Å²) >= 11 is 0. The first-order valence-corrected chi connectivity index (χ1v) is 8.36. The van der Waals surface area contributed by atoms with Crippen LogP contribution < -0.4 is 10.0 Å². The Labute approximate surface area is 127 Å². The molecule has 0 atom stereocenters.